The average molecular weight is 528 g/mol. The number of nitrogens with zero attached hydrogens (tertiary/aromatic N) is 2. The third-order valence-electron chi connectivity index (χ3n) is 5.34. The highest BCUT2D eigenvalue weighted by atomic mass is 32.2. The molecule has 0 aromatic heterocycles. The van der Waals surface area contributed by atoms with E-state index in [9.17, 15) is 13.2 Å². The topological polar surface area (TPSA) is 116 Å². The molecule has 0 saturated carbocycles. The van der Waals surface area contributed by atoms with Crippen LogP contribution in [0, 0.1) is 0 Å². The number of benzene rings is 3. The largest absolute Gasteiger partial charge is 0.493 e. The molecule has 0 unspecified atom stereocenters. The number of hydrogen-bond donors (Lipinski definition) is 1. The van der Waals surface area contributed by atoms with Crippen LogP contribution < -0.4 is 24.4 Å². The number of carbonyl (C=O) groups excluding carboxylic acids is 1. The normalized spacial score (nSPS) is 11.4. The number of ether oxygens (including phenoxy) is 4. The number of nitrogens with one attached hydrogen (secondary N) is 1. The lowest BCUT2D eigenvalue weighted by molar-refractivity contribution is -0.121. The molecule has 0 aliphatic carbocycles. The summed E-state index contributed by atoms with van der Waals surface area (Å²) in [4.78, 5) is 12.7. The number of carbonyl (C=O) groups is 1. The maximum absolute atomic E-state index is 13.6. The van der Waals surface area contributed by atoms with Crippen molar-refractivity contribution in [3.8, 4) is 23.0 Å². The van der Waals surface area contributed by atoms with Crippen LogP contribution in [0.4, 0.5) is 0 Å². The van der Waals surface area contributed by atoms with Crippen LogP contribution in [0.15, 0.2) is 76.7 Å². The minimum absolute atomic E-state index is 0.0294. The molecule has 1 N–H and O–H groups in total. The van der Waals surface area contributed by atoms with Crippen LogP contribution in [0.25, 0.3) is 0 Å². The van der Waals surface area contributed by atoms with E-state index in [2.05, 4.69) is 10.5 Å². The van der Waals surface area contributed by atoms with Crippen LogP contribution in [0.1, 0.15) is 11.1 Å². The van der Waals surface area contributed by atoms with E-state index in [1.165, 1.54) is 52.9 Å². The fourth-order valence-corrected chi connectivity index (χ4v) is 4.92. The van der Waals surface area contributed by atoms with Crippen molar-refractivity contribution in [3.05, 3.63) is 77.9 Å². The smallest absolute Gasteiger partial charge is 0.255 e. The average Bonchev–Trinajstić information content (AvgIpc) is 2.92. The van der Waals surface area contributed by atoms with Gasteiger partial charge in [0.1, 0.15) is 0 Å². The Morgan fingerprint density at radius 3 is 2.22 bits per heavy atom. The van der Waals surface area contributed by atoms with Crippen molar-refractivity contribution in [2.75, 3.05) is 35.0 Å². The standard InChI is InChI=1S/C26H29N3O7S/c1-33-22-14-13-21(15-24(22)35-3)37(31,32)29(17-19-9-6-5-7-10-19)18-25(30)28-27-16-20-11-8-12-23(34-2)26(20)36-4/h5-16H,17-18H2,1-4H3,(H,28,30)/b27-16-. The molecular weight excluding hydrogens is 498 g/mol. The van der Waals surface area contributed by atoms with Gasteiger partial charge in [0.05, 0.1) is 46.1 Å². The fraction of sp³-hybridized carbons (Fsp3) is 0.231. The number of methoxy groups -OCH3 is 4. The van der Waals surface area contributed by atoms with Gasteiger partial charge in [0.2, 0.25) is 10.0 Å². The Kier molecular flexibility index (Phi) is 9.47. The Labute approximate surface area is 216 Å². The first-order valence-electron chi connectivity index (χ1n) is 11.1. The fourth-order valence-electron chi connectivity index (χ4n) is 3.52. The van der Waals surface area contributed by atoms with E-state index in [1.807, 2.05) is 6.07 Å². The van der Waals surface area contributed by atoms with Gasteiger partial charge < -0.3 is 18.9 Å². The predicted molar refractivity (Wildman–Crippen MR) is 139 cm³/mol. The summed E-state index contributed by atoms with van der Waals surface area (Å²) in [6, 6.07) is 18.5. The van der Waals surface area contributed by atoms with Crippen LogP contribution >= 0.6 is 0 Å². The monoisotopic (exact) mass is 527 g/mol. The van der Waals surface area contributed by atoms with Gasteiger partial charge in [-0.1, -0.05) is 36.4 Å². The van der Waals surface area contributed by atoms with Gasteiger partial charge in [-0.2, -0.15) is 9.41 Å². The molecule has 3 aromatic rings. The second-order valence-corrected chi connectivity index (χ2v) is 9.59. The number of amides is 1. The van der Waals surface area contributed by atoms with Crippen LogP contribution in [0.3, 0.4) is 0 Å². The van der Waals surface area contributed by atoms with E-state index in [-0.39, 0.29) is 17.2 Å². The first-order valence-corrected chi connectivity index (χ1v) is 12.6. The molecular formula is C26H29N3O7S. The molecule has 0 fully saturated rings. The van der Waals surface area contributed by atoms with Gasteiger partial charge >= 0.3 is 0 Å². The molecule has 0 atom stereocenters. The van der Waals surface area contributed by atoms with Crippen molar-refractivity contribution in [3.63, 3.8) is 0 Å². The lowest BCUT2D eigenvalue weighted by atomic mass is 10.2. The molecule has 10 nitrogen and oxygen atoms in total. The summed E-state index contributed by atoms with van der Waals surface area (Å²) >= 11 is 0. The molecule has 1 amide bonds. The summed E-state index contributed by atoms with van der Waals surface area (Å²) < 4.78 is 49.3. The maximum atomic E-state index is 13.6. The third kappa shape index (κ3) is 6.78. The van der Waals surface area contributed by atoms with Crippen molar-refractivity contribution >= 4 is 22.1 Å². The van der Waals surface area contributed by atoms with Crippen LogP contribution in [0.2, 0.25) is 0 Å². The van der Waals surface area contributed by atoms with Crippen molar-refractivity contribution in [2.24, 2.45) is 5.10 Å². The molecule has 3 rings (SSSR count). The van der Waals surface area contributed by atoms with Gasteiger partial charge in [0.25, 0.3) is 5.91 Å². The van der Waals surface area contributed by atoms with Crippen LogP contribution in [-0.4, -0.2) is 59.8 Å². The van der Waals surface area contributed by atoms with Crippen LogP contribution in [0.5, 0.6) is 23.0 Å². The van der Waals surface area contributed by atoms with E-state index in [0.717, 1.165) is 4.31 Å². The zero-order valence-corrected chi connectivity index (χ0v) is 21.8. The van der Waals surface area contributed by atoms with Gasteiger partial charge in [-0.25, -0.2) is 13.8 Å². The summed E-state index contributed by atoms with van der Waals surface area (Å²) in [5.74, 6) is 0.969. The first-order chi connectivity index (χ1) is 17.8. The number of hydrazone groups is 1. The minimum Gasteiger partial charge on any atom is -0.493 e. The summed E-state index contributed by atoms with van der Waals surface area (Å²) in [6.07, 6.45) is 1.39. The van der Waals surface area contributed by atoms with E-state index in [4.69, 9.17) is 18.9 Å². The Morgan fingerprint density at radius 1 is 0.865 bits per heavy atom. The summed E-state index contributed by atoms with van der Waals surface area (Å²) in [5, 5.41) is 3.97. The molecule has 0 aliphatic heterocycles. The Hall–Kier alpha value is -4.09. The molecule has 196 valence electrons. The van der Waals surface area contributed by atoms with E-state index in [0.29, 0.717) is 28.4 Å². The number of hydrogen-bond acceptors (Lipinski definition) is 8. The third-order valence-corrected chi connectivity index (χ3v) is 7.13. The molecule has 0 saturated heterocycles. The van der Waals surface area contributed by atoms with Crippen molar-refractivity contribution in [2.45, 2.75) is 11.4 Å². The summed E-state index contributed by atoms with van der Waals surface area (Å²) in [6.45, 7) is -0.503. The minimum atomic E-state index is -4.10. The number of para-hydroxylation sites is 1. The molecule has 11 heteroatoms. The zero-order valence-electron chi connectivity index (χ0n) is 21.0. The maximum Gasteiger partial charge on any atom is 0.255 e. The van der Waals surface area contributed by atoms with E-state index in [1.54, 1.807) is 42.5 Å². The summed E-state index contributed by atoms with van der Waals surface area (Å²) in [5.41, 5.74) is 3.67. The van der Waals surface area contributed by atoms with Crippen LogP contribution in [-0.2, 0) is 21.4 Å². The molecule has 0 aliphatic rings. The Balaban J connectivity index is 1.84. The number of rotatable bonds is 12. The van der Waals surface area contributed by atoms with Gasteiger partial charge in [-0.3, -0.25) is 4.79 Å². The Bertz CT molecular complexity index is 1350. The highest BCUT2D eigenvalue weighted by Crippen LogP contribution is 2.31. The second-order valence-electron chi connectivity index (χ2n) is 7.65. The highest BCUT2D eigenvalue weighted by molar-refractivity contribution is 7.89. The SMILES string of the molecule is COc1ccc(S(=O)(=O)N(CC(=O)N/N=C\c2cccc(OC)c2OC)Cc2ccccc2)cc1OC. The summed E-state index contributed by atoms with van der Waals surface area (Å²) in [7, 11) is 1.78. The molecule has 3 aromatic carbocycles. The van der Waals surface area contributed by atoms with Crippen molar-refractivity contribution < 1.29 is 32.2 Å². The quantitative estimate of drug-likeness (QED) is 0.284. The molecule has 0 radical (unpaired) electrons. The Morgan fingerprint density at radius 2 is 1.57 bits per heavy atom. The van der Waals surface area contributed by atoms with E-state index < -0.39 is 22.5 Å². The van der Waals surface area contributed by atoms with Gasteiger partial charge in [0.15, 0.2) is 23.0 Å². The van der Waals surface area contributed by atoms with Gasteiger partial charge in [0, 0.05) is 18.2 Å². The van der Waals surface area contributed by atoms with Crippen molar-refractivity contribution in [1.82, 2.24) is 9.73 Å². The second kappa shape index (κ2) is 12.7. The molecule has 0 heterocycles. The highest BCUT2D eigenvalue weighted by Gasteiger charge is 2.28. The predicted octanol–water partition coefficient (Wildman–Crippen LogP) is 3.06. The lowest BCUT2D eigenvalue weighted by Crippen LogP contribution is -2.39. The molecule has 0 bridgehead atoms. The molecule has 0 spiro atoms. The zero-order chi connectivity index (χ0) is 26.8. The van der Waals surface area contributed by atoms with Gasteiger partial charge in [-0.15, -0.1) is 0 Å². The lowest BCUT2D eigenvalue weighted by Gasteiger charge is -2.22. The van der Waals surface area contributed by atoms with E-state index >= 15 is 0 Å². The number of sulfonamides is 1. The van der Waals surface area contributed by atoms with Gasteiger partial charge in [-0.05, 0) is 29.8 Å². The van der Waals surface area contributed by atoms with Crippen molar-refractivity contribution in [1.29, 1.82) is 0 Å². The molecule has 37 heavy (non-hydrogen) atoms. The first kappa shape index (κ1) is 27.5.